The molecule has 146 valence electrons. The maximum absolute atomic E-state index is 12.4. The third-order valence-corrected chi connectivity index (χ3v) is 6.08. The molecule has 3 rings (SSSR count). The lowest BCUT2D eigenvalue weighted by atomic mass is 9.94. The van der Waals surface area contributed by atoms with E-state index >= 15 is 0 Å². The van der Waals surface area contributed by atoms with Gasteiger partial charge in [0.15, 0.2) is 5.78 Å². The maximum atomic E-state index is 12.4. The van der Waals surface area contributed by atoms with Gasteiger partial charge in [-0.25, -0.2) is 4.98 Å². The summed E-state index contributed by atoms with van der Waals surface area (Å²) in [5.74, 6) is 0.716. The van der Waals surface area contributed by atoms with Gasteiger partial charge in [0, 0.05) is 5.92 Å². The zero-order chi connectivity index (χ0) is 20.1. The highest BCUT2D eigenvalue weighted by Gasteiger charge is 2.23. The van der Waals surface area contributed by atoms with E-state index in [1.165, 1.54) is 11.1 Å². The second kappa shape index (κ2) is 9.26. The van der Waals surface area contributed by atoms with Crippen LogP contribution in [0.3, 0.4) is 0 Å². The van der Waals surface area contributed by atoms with Gasteiger partial charge in [-0.05, 0) is 35.4 Å². The van der Waals surface area contributed by atoms with Crippen molar-refractivity contribution in [3.8, 4) is 10.4 Å². The molecule has 0 fully saturated rings. The van der Waals surface area contributed by atoms with Gasteiger partial charge in [0.1, 0.15) is 10.7 Å². The smallest absolute Gasteiger partial charge is 0.196 e. The van der Waals surface area contributed by atoms with E-state index in [0.29, 0.717) is 11.6 Å². The van der Waals surface area contributed by atoms with Crippen LogP contribution in [0.2, 0.25) is 0 Å². The fraction of sp³-hybridized carbons (Fsp3) is 0.333. The summed E-state index contributed by atoms with van der Waals surface area (Å²) in [6.45, 7) is 6.61. The zero-order valence-corrected chi connectivity index (χ0v) is 17.6. The van der Waals surface area contributed by atoms with E-state index in [1.54, 1.807) is 11.3 Å². The number of carbonyl (C=O) groups excluding carboxylic acids is 1. The summed E-state index contributed by atoms with van der Waals surface area (Å²) in [6, 6.07) is 18.8. The molecule has 0 radical (unpaired) electrons. The third kappa shape index (κ3) is 4.57. The van der Waals surface area contributed by atoms with E-state index < -0.39 is 0 Å². The zero-order valence-electron chi connectivity index (χ0n) is 16.8. The lowest BCUT2D eigenvalue weighted by molar-refractivity contribution is 0.0997. The Morgan fingerprint density at radius 3 is 2.32 bits per heavy atom. The highest BCUT2D eigenvalue weighted by Crippen LogP contribution is 2.37. The van der Waals surface area contributed by atoms with E-state index in [4.69, 9.17) is 10.7 Å². The number of carbonyl (C=O) groups is 1. The molecule has 0 aliphatic heterocycles. The predicted molar refractivity (Wildman–Crippen MR) is 118 cm³/mol. The van der Waals surface area contributed by atoms with Crippen molar-refractivity contribution in [2.24, 2.45) is 11.7 Å². The Morgan fingerprint density at radius 1 is 1.07 bits per heavy atom. The summed E-state index contributed by atoms with van der Waals surface area (Å²) in [4.78, 5) is 18.1. The van der Waals surface area contributed by atoms with Crippen molar-refractivity contribution < 1.29 is 4.79 Å². The van der Waals surface area contributed by atoms with Crippen LogP contribution >= 0.6 is 11.3 Å². The Bertz CT molecular complexity index is 914. The largest absolute Gasteiger partial charge is 0.324 e. The Labute approximate surface area is 171 Å². The minimum absolute atomic E-state index is 0.0241. The van der Waals surface area contributed by atoms with Gasteiger partial charge in [0.25, 0.3) is 0 Å². The van der Waals surface area contributed by atoms with Gasteiger partial charge in [-0.2, -0.15) is 0 Å². The molecule has 1 heterocycles. The molecule has 0 saturated carbocycles. The van der Waals surface area contributed by atoms with E-state index in [0.717, 1.165) is 28.3 Å². The van der Waals surface area contributed by atoms with Crippen LogP contribution in [0.5, 0.6) is 0 Å². The Balaban J connectivity index is 1.99. The summed E-state index contributed by atoms with van der Waals surface area (Å²) in [6.07, 6.45) is 2.02. The average molecular weight is 393 g/mol. The lowest BCUT2D eigenvalue weighted by Crippen LogP contribution is -2.15. The normalized spacial score (nSPS) is 12.3. The summed E-state index contributed by atoms with van der Waals surface area (Å²) in [5.41, 5.74) is 9.78. The fourth-order valence-electron chi connectivity index (χ4n) is 3.47. The van der Waals surface area contributed by atoms with Crippen LogP contribution in [-0.4, -0.2) is 17.3 Å². The van der Waals surface area contributed by atoms with E-state index in [2.05, 4.69) is 45.0 Å². The van der Waals surface area contributed by atoms with Gasteiger partial charge < -0.3 is 5.73 Å². The molecule has 28 heavy (non-hydrogen) atoms. The number of rotatable bonds is 8. The van der Waals surface area contributed by atoms with Gasteiger partial charge in [-0.1, -0.05) is 75.4 Å². The van der Waals surface area contributed by atoms with Crippen LogP contribution in [0.1, 0.15) is 59.7 Å². The molecule has 3 nitrogen and oxygen atoms in total. The summed E-state index contributed by atoms with van der Waals surface area (Å²) >= 11 is 1.61. The summed E-state index contributed by atoms with van der Waals surface area (Å²) in [5, 5.41) is 0.981. The number of nitrogens with two attached hydrogens (primary N) is 1. The molecule has 0 spiro atoms. The minimum atomic E-state index is -0.108. The molecule has 2 aromatic carbocycles. The van der Waals surface area contributed by atoms with Crippen LogP contribution in [-0.2, 0) is 6.42 Å². The van der Waals surface area contributed by atoms with Crippen LogP contribution < -0.4 is 5.73 Å². The molecule has 0 aliphatic carbocycles. The van der Waals surface area contributed by atoms with Crippen LogP contribution in [0.15, 0.2) is 54.6 Å². The predicted octanol–water partition coefficient (Wildman–Crippen LogP) is 5.69. The summed E-state index contributed by atoms with van der Waals surface area (Å²) in [7, 11) is 0. The van der Waals surface area contributed by atoms with Crippen molar-refractivity contribution in [1.82, 2.24) is 4.98 Å². The molecule has 0 saturated heterocycles. The average Bonchev–Trinajstić information content (AvgIpc) is 3.14. The van der Waals surface area contributed by atoms with Crippen molar-refractivity contribution in [2.45, 2.75) is 39.5 Å². The number of benzene rings is 2. The van der Waals surface area contributed by atoms with Gasteiger partial charge in [0.05, 0.1) is 11.4 Å². The van der Waals surface area contributed by atoms with Crippen molar-refractivity contribution in [2.75, 3.05) is 6.54 Å². The number of thiazole rings is 1. The first kappa shape index (κ1) is 20.4. The van der Waals surface area contributed by atoms with Gasteiger partial charge in [-0.15, -0.1) is 11.3 Å². The van der Waals surface area contributed by atoms with E-state index in [9.17, 15) is 4.79 Å². The van der Waals surface area contributed by atoms with Crippen LogP contribution in [0.25, 0.3) is 10.4 Å². The topological polar surface area (TPSA) is 56.0 Å². The highest BCUT2D eigenvalue weighted by atomic mass is 32.1. The molecule has 0 aliphatic rings. The molecule has 3 aromatic rings. The minimum Gasteiger partial charge on any atom is -0.324 e. The van der Waals surface area contributed by atoms with Crippen molar-refractivity contribution in [3.05, 3.63) is 76.4 Å². The summed E-state index contributed by atoms with van der Waals surface area (Å²) < 4.78 is 0. The van der Waals surface area contributed by atoms with Crippen LogP contribution in [0.4, 0.5) is 0 Å². The first-order valence-electron chi connectivity index (χ1n) is 9.91. The molecular formula is C24H28N2OS. The molecule has 1 atom stereocenters. The number of ketones is 1. The highest BCUT2D eigenvalue weighted by molar-refractivity contribution is 7.15. The second-order valence-electron chi connectivity index (χ2n) is 7.52. The third-order valence-electron chi connectivity index (χ3n) is 4.86. The first-order chi connectivity index (χ1) is 13.5. The Morgan fingerprint density at radius 2 is 1.75 bits per heavy atom. The standard InChI is InChI=1S/C24H28N2OS/c1-4-20(18-12-10-17(11-13-18)14-16(2)3)24-26-22(21(27)15-25)23(28-24)19-8-6-5-7-9-19/h5-13,16,20H,4,14-15,25H2,1-3H3. The number of aromatic nitrogens is 1. The van der Waals surface area contributed by atoms with Crippen molar-refractivity contribution >= 4 is 17.1 Å². The number of hydrogen-bond donors (Lipinski definition) is 1. The van der Waals surface area contributed by atoms with E-state index in [1.807, 2.05) is 30.3 Å². The number of hydrogen-bond acceptors (Lipinski definition) is 4. The van der Waals surface area contributed by atoms with Gasteiger partial charge in [-0.3, -0.25) is 4.79 Å². The second-order valence-corrected chi connectivity index (χ2v) is 8.55. The van der Waals surface area contributed by atoms with E-state index in [-0.39, 0.29) is 18.2 Å². The SMILES string of the molecule is CCC(c1ccc(CC(C)C)cc1)c1nc(C(=O)CN)c(-c2ccccc2)s1. The molecule has 1 aromatic heterocycles. The molecule has 0 amide bonds. The maximum Gasteiger partial charge on any atom is 0.196 e. The monoisotopic (exact) mass is 392 g/mol. The van der Waals surface area contributed by atoms with Crippen LogP contribution in [0, 0.1) is 5.92 Å². The number of nitrogens with zero attached hydrogens (tertiary/aromatic N) is 1. The molecule has 4 heteroatoms. The van der Waals surface area contributed by atoms with Crippen molar-refractivity contribution in [3.63, 3.8) is 0 Å². The number of Topliss-reactive ketones (excluding diaryl/α,β-unsaturated/α-hetero) is 1. The Kier molecular flexibility index (Phi) is 6.76. The molecular weight excluding hydrogens is 364 g/mol. The van der Waals surface area contributed by atoms with Crippen molar-refractivity contribution in [1.29, 1.82) is 0 Å². The quantitative estimate of drug-likeness (QED) is 0.501. The Hall–Kier alpha value is -2.30. The molecule has 1 unspecified atom stereocenters. The molecule has 2 N–H and O–H groups in total. The molecule has 0 bridgehead atoms. The van der Waals surface area contributed by atoms with Gasteiger partial charge in [0.2, 0.25) is 0 Å². The fourth-order valence-corrected chi connectivity index (χ4v) is 4.77. The lowest BCUT2D eigenvalue weighted by Gasteiger charge is -2.14. The van der Waals surface area contributed by atoms with Gasteiger partial charge >= 0.3 is 0 Å². The first-order valence-corrected chi connectivity index (χ1v) is 10.7.